The fourth-order valence-electron chi connectivity index (χ4n) is 2.09. The lowest BCUT2D eigenvalue weighted by Crippen LogP contribution is -2.36. The van der Waals surface area contributed by atoms with Gasteiger partial charge in [-0.15, -0.1) is 0 Å². The molecular weight excluding hydrogens is 264 g/mol. The molecule has 2 rings (SSSR count). The van der Waals surface area contributed by atoms with E-state index in [1.807, 2.05) is 32.9 Å². The summed E-state index contributed by atoms with van der Waals surface area (Å²) in [5, 5.41) is 8.82. The van der Waals surface area contributed by atoms with E-state index in [0.717, 1.165) is 11.1 Å². The van der Waals surface area contributed by atoms with Crippen LogP contribution in [0, 0.1) is 18.3 Å². The van der Waals surface area contributed by atoms with Gasteiger partial charge in [-0.25, -0.2) is 0 Å². The molecule has 0 aliphatic rings. The van der Waals surface area contributed by atoms with Crippen molar-refractivity contribution < 1.29 is 9.21 Å². The number of carbonyl (C=O) groups is 1. The molecule has 4 nitrogen and oxygen atoms in total. The largest absolute Gasteiger partial charge is 0.459 e. The van der Waals surface area contributed by atoms with Crippen molar-refractivity contribution in [3.05, 3.63) is 59.0 Å². The number of carbonyl (C=O) groups excluding carboxylic acids is 1. The van der Waals surface area contributed by atoms with Crippen LogP contribution in [0.3, 0.4) is 0 Å². The molecule has 0 saturated carbocycles. The fraction of sp³-hybridized carbons (Fsp3) is 0.294. The average molecular weight is 282 g/mol. The van der Waals surface area contributed by atoms with E-state index in [1.54, 1.807) is 23.1 Å². The summed E-state index contributed by atoms with van der Waals surface area (Å²) in [6.45, 7) is 6.29. The predicted octanol–water partition coefficient (Wildman–Crippen LogP) is 3.51. The molecule has 0 spiro atoms. The second kappa shape index (κ2) is 6.27. The average Bonchev–Trinajstić information content (AvgIpc) is 2.90. The predicted molar refractivity (Wildman–Crippen MR) is 79.6 cm³/mol. The maximum Gasteiger partial charge on any atom is 0.290 e. The van der Waals surface area contributed by atoms with E-state index in [2.05, 4.69) is 6.07 Å². The fourth-order valence-corrected chi connectivity index (χ4v) is 2.09. The number of hydrogen-bond acceptors (Lipinski definition) is 3. The lowest BCUT2D eigenvalue weighted by molar-refractivity contribution is 0.0656. The van der Waals surface area contributed by atoms with Crippen LogP contribution in [0.2, 0.25) is 0 Å². The third-order valence-corrected chi connectivity index (χ3v) is 3.38. The van der Waals surface area contributed by atoms with E-state index in [4.69, 9.17) is 9.68 Å². The third-order valence-electron chi connectivity index (χ3n) is 3.38. The molecule has 1 aromatic heterocycles. The first-order valence-electron chi connectivity index (χ1n) is 6.87. The highest BCUT2D eigenvalue weighted by atomic mass is 16.3. The van der Waals surface area contributed by atoms with Crippen molar-refractivity contribution in [3.8, 4) is 6.07 Å². The Balaban J connectivity index is 2.21. The second-order valence-electron chi connectivity index (χ2n) is 5.27. The Morgan fingerprint density at radius 1 is 1.29 bits per heavy atom. The number of rotatable bonds is 4. The van der Waals surface area contributed by atoms with Crippen molar-refractivity contribution in [2.75, 3.05) is 0 Å². The van der Waals surface area contributed by atoms with Crippen molar-refractivity contribution >= 4 is 5.91 Å². The molecule has 21 heavy (non-hydrogen) atoms. The zero-order chi connectivity index (χ0) is 15.4. The maximum atomic E-state index is 12.6. The molecular formula is C17H18N2O2. The molecule has 0 unspecified atom stereocenters. The van der Waals surface area contributed by atoms with Crippen LogP contribution in [0.5, 0.6) is 0 Å². The Kier molecular flexibility index (Phi) is 4.44. The molecule has 0 atom stereocenters. The van der Waals surface area contributed by atoms with Crippen molar-refractivity contribution in [1.29, 1.82) is 5.26 Å². The van der Waals surface area contributed by atoms with Crippen LogP contribution in [0.4, 0.5) is 0 Å². The normalized spacial score (nSPS) is 10.4. The van der Waals surface area contributed by atoms with Gasteiger partial charge in [0, 0.05) is 18.2 Å². The van der Waals surface area contributed by atoms with Gasteiger partial charge in [-0.1, -0.05) is 12.1 Å². The Hall–Kier alpha value is -2.54. The van der Waals surface area contributed by atoms with Gasteiger partial charge in [0.2, 0.25) is 0 Å². The minimum atomic E-state index is -0.114. The summed E-state index contributed by atoms with van der Waals surface area (Å²) in [5.74, 6) is 0.272. The lowest BCUT2D eigenvalue weighted by atomic mass is 10.1. The van der Waals surface area contributed by atoms with Gasteiger partial charge >= 0.3 is 0 Å². The Labute approximate surface area is 124 Å². The van der Waals surface area contributed by atoms with Gasteiger partial charge in [0.15, 0.2) is 5.76 Å². The van der Waals surface area contributed by atoms with Crippen molar-refractivity contribution in [1.82, 2.24) is 4.90 Å². The van der Waals surface area contributed by atoms with E-state index in [1.165, 1.54) is 6.26 Å². The second-order valence-corrected chi connectivity index (χ2v) is 5.27. The third kappa shape index (κ3) is 3.32. The van der Waals surface area contributed by atoms with Crippen LogP contribution in [0.25, 0.3) is 0 Å². The summed E-state index contributed by atoms with van der Waals surface area (Å²) in [6.07, 6.45) is 1.53. The first-order chi connectivity index (χ1) is 10.0. The van der Waals surface area contributed by atoms with Crippen LogP contribution >= 0.6 is 0 Å². The van der Waals surface area contributed by atoms with Crippen molar-refractivity contribution in [2.24, 2.45) is 0 Å². The molecule has 0 fully saturated rings. The minimum absolute atomic E-state index is 0.0534. The molecule has 0 N–H and O–H groups in total. The smallest absolute Gasteiger partial charge is 0.290 e. The van der Waals surface area contributed by atoms with E-state index >= 15 is 0 Å². The van der Waals surface area contributed by atoms with Crippen LogP contribution in [-0.4, -0.2) is 16.8 Å². The number of nitriles is 1. The van der Waals surface area contributed by atoms with Gasteiger partial charge in [-0.2, -0.15) is 5.26 Å². The number of furan rings is 1. The summed E-state index contributed by atoms with van der Waals surface area (Å²) in [5.41, 5.74) is 2.44. The number of aryl methyl sites for hydroxylation is 1. The summed E-state index contributed by atoms with van der Waals surface area (Å²) in [7, 11) is 0. The summed E-state index contributed by atoms with van der Waals surface area (Å²) in [6, 6.07) is 11.2. The summed E-state index contributed by atoms with van der Waals surface area (Å²) in [4.78, 5) is 14.3. The molecule has 1 amide bonds. The number of nitrogens with zero attached hydrogens (tertiary/aromatic N) is 2. The molecule has 4 heteroatoms. The Bertz CT molecular complexity index is 663. The Morgan fingerprint density at radius 2 is 1.95 bits per heavy atom. The van der Waals surface area contributed by atoms with Gasteiger partial charge in [0.05, 0.1) is 17.9 Å². The molecule has 0 aliphatic carbocycles. The highest BCUT2D eigenvalue weighted by Gasteiger charge is 2.23. The minimum Gasteiger partial charge on any atom is -0.459 e. The summed E-state index contributed by atoms with van der Waals surface area (Å²) < 4.78 is 5.30. The molecule has 1 heterocycles. The molecule has 0 saturated heterocycles. The quantitative estimate of drug-likeness (QED) is 0.862. The van der Waals surface area contributed by atoms with Crippen LogP contribution < -0.4 is 0 Å². The zero-order valence-electron chi connectivity index (χ0n) is 12.5. The Morgan fingerprint density at radius 3 is 2.43 bits per heavy atom. The van der Waals surface area contributed by atoms with E-state index in [9.17, 15) is 4.79 Å². The van der Waals surface area contributed by atoms with E-state index in [-0.39, 0.29) is 11.9 Å². The van der Waals surface area contributed by atoms with Crippen LogP contribution in [0.15, 0.2) is 41.0 Å². The van der Waals surface area contributed by atoms with E-state index in [0.29, 0.717) is 17.9 Å². The highest BCUT2D eigenvalue weighted by molar-refractivity contribution is 5.93. The zero-order valence-corrected chi connectivity index (χ0v) is 12.5. The number of benzene rings is 1. The summed E-state index contributed by atoms with van der Waals surface area (Å²) >= 11 is 0. The van der Waals surface area contributed by atoms with Gasteiger partial charge in [-0.05, 0) is 44.5 Å². The van der Waals surface area contributed by atoms with Crippen LogP contribution in [0.1, 0.15) is 41.1 Å². The molecule has 2 aromatic rings. The first-order valence-corrected chi connectivity index (χ1v) is 6.87. The monoisotopic (exact) mass is 282 g/mol. The molecule has 0 aliphatic heterocycles. The van der Waals surface area contributed by atoms with Crippen LogP contribution in [-0.2, 0) is 6.54 Å². The number of amides is 1. The molecule has 108 valence electrons. The van der Waals surface area contributed by atoms with Gasteiger partial charge in [0.25, 0.3) is 5.91 Å². The molecule has 1 aromatic carbocycles. The van der Waals surface area contributed by atoms with Crippen molar-refractivity contribution in [3.63, 3.8) is 0 Å². The maximum absolute atomic E-state index is 12.6. The SMILES string of the molecule is Cc1ccoc1C(=O)N(Cc1ccc(C#N)cc1)C(C)C. The molecule has 0 radical (unpaired) electrons. The van der Waals surface area contributed by atoms with E-state index < -0.39 is 0 Å². The number of hydrogen-bond donors (Lipinski definition) is 0. The highest BCUT2D eigenvalue weighted by Crippen LogP contribution is 2.17. The van der Waals surface area contributed by atoms with Gasteiger partial charge in [0.1, 0.15) is 0 Å². The lowest BCUT2D eigenvalue weighted by Gasteiger charge is -2.26. The van der Waals surface area contributed by atoms with Gasteiger partial charge in [-0.3, -0.25) is 4.79 Å². The van der Waals surface area contributed by atoms with Gasteiger partial charge < -0.3 is 9.32 Å². The first kappa shape index (κ1) is 14.9. The topological polar surface area (TPSA) is 57.2 Å². The standard InChI is InChI=1S/C17H18N2O2/c1-12(2)19(17(20)16-13(3)8-9-21-16)11-15-6-4-14(10-18)5-7-15/h4-9,12H,11H2,1-3H3. The van der Waals surface area contributed by atoms with Crippen molar-refractivity contribution in [2.45, 2.75) is 33.4 Å². The molecule has 0 bridgehead atoms.